The van der Waals surface area contributed by atoms with Crippen LogP contribution in [0.1, 0.15) is 18.1 Å². The van der Waals surface area contributed by atoms with Crippen molar-refractivity contribution in [2.45, 2.75) is 12.5 Å². The van der Waals surface area contributed by atoms with Crippen LogP contribution < -0.4 is 5.73 Å². The number of hydrogen-bond acceptors (Lipinski definition) is 4. The molecule has 1 aromatic heterocycles. The van der Waals surface area contributed by atoms with E-state index in [0.29, 0.717) is 22.8 Å². The first-order valence-electron chi connectivity index (χ1n) is 4.23. The molecule has 0 aliphatic carbocycles. The first kappa shape index (κ1) is 11.6. The molecule has 0 fully saturated rings. The highest BCUT2D eigenvalue weighted by atomic mass is 35.5. The van der Waals surface area contributed by atoms with E-state index in [4.69, 9.17) is 17.3 Å². The van der Waals surface area contributed by atoms with Crippen LogP contribution >= 0.6 is 23.4 Å². The molecule has 0 aromatic carbocycles. The van der Waals surface area contributed by atoms with E-state index >= 15 is 0 Å². The maximum atomic E-state index is 9.76. The number of thioether (sulfide) groups is 1. The van der Waals surface area contributed by atoms with E-state index in [-0.39, 0.29) is 0 Å². The number of nitrogen functional groups attached to an aromatic ring is 1. The monoisotopic (exact) mass is 232 g/mol. The second-order valence-corrected chi connectivity index (χ2v) is 4.35. The standard InChI is InChI=1S/C9H13ClN2OS/c1-14-3-2-8(13)7-4-6(10)5-12-9(7)11/h4-5,8,13H,2-3H2,1H3,(H2,11,12). The summed E-state index contributed by atoms with van der Waals surface area (Å²) in [6, 6.07) is 1.66. The summed E-state index contributed by atoms with van der Waals surface area (Å²) in [5.41, 5.74) is 6.24. The summed E-state index contributed by atoms with van der Waals surface area (Å²) in [7, 11) is 0. The molecular formula is C9H13ClN2OS. The summed E-state index contributed by atoms with van der Waals surface area (Å²) in [5.74, 6) is 1.23. The number of aliphatic hydroxyl groups is 1. The van der Waals surface area contributed by atoms with Gasteiger partial charge in [-0.25, -0.2) is 4.98 Å². The van der Waals surface area contributed by atoms with E-state index in [1.165, 1.54) is 6.20 Å². The zero-order valence-electron chi connectivity index (χ0n) is 7.90. The molecular weight excluding hydrogens is 220 g/mol. The topological polar surface area (TPSA) is 59.1 Å². The van der Waals surface area contributed by atoms with Crippen LogP contribution in [0.25, 0.3) is 0 Å². The molecule has 1 rings (SSSR count). The molecule has 3 nitrogen and oxygen atoms in total. The van der Waals surface area contributed by atoms with Crippen molar-refractivity contribution in [2.24, 2.45) is 0 Å². The minimum atomic E-state index is -0.575. The molecule has 0 saturated heterocycles. The predicted molar refractivity (Wildman–Crippen MR) is 61.6 cm³/mol. The summed E-state index contributed by atoms with van der Waals surface area (Å²) in [5, 5.41) is 10.3. The van der Waals surface area contributed by atoms with Crippen LogP contribution in [0.5, 0.6) is 0 Å². The zero-order valence-corrected chi connectivity index (χ0v) is 9.48. The number of nitrogens with two attached hydrogens (primary N) is 1. The molecule has 1 heterocycles. The third-order valence-corrected chi connectivity index (χ3v) is 2.72. The lowest BCUT2D eigenvalue weighted by molar-refractivity contribution is 0.175. The summed E-state index contributed by atoms with van der Waals surface area (Å²) in [4.78, 5) is 3.89. The Labute approximate surface area is 92.7 Å². The fourth-order valence-electron chi connectivity index (χ4n) is 1.12. The lowest BCUT2D eigenvalue weighted by atomic mass is 10.1. The summed E-state index contributed by atoms with van der Waals surface area (Å²) in [6.07, 6.45) is 3.55. The average molecular weight is 233 g/mol. The van der Waals surface area contributed by atoms with Crippen LogP contribution in [0.3, 0.4) is 0 Å². The van der Waals surface area contributed by atoms with Crippen molar-refractivity contribution in [3.8, 4) is 0 Å². The largest absolute Gasteiger partial charge is 0.388 e. The minimum Gasteiger partial charge on any atom is -0.388 e. The van der Waals surface area contributed by atoms with Gasteiger partial charge in [0.05, 0.1) is 11.1 Å². The Morgan fingerprint density at radius 3 is 3.07 bits per heavy atom. The zero-order chi connectivity index (χ0) is 10.6. The van der Waals surface area contributed by atoms with Crippen molar-refractivity contribution in [1.82, 2.24) is 4.98 Å². The Morgan fingerprint density at radius 2 is 2.43 bits per heavy atom. The van der Waals surface area contributed by atoms with E-state index < -0.39 is 6.10 Å². The first-order valence-corrected chi connectivity index (χ1v) is 6.00. The Morgan fingerprint density at radius 1 is 1.71 bits per heavy atom. The Hall–Kier alpha value is -0.450. The number of rotatable bonds is 4. The average Bonchev–Trinajstić information content (AvgIpc) is 2.18. The number of aliphatic hydroxyl groups excluding tert-OH is 1. The molecule has 5 heteroatoms. The van der Waals surface area contributed by atoms with Crippen molar-refractivity contribution in [3.05, 3.63) is 22.8 Å². The second kappa shape index (κ2) is 5.44. The lowest BCUT2D eigenvalue weighted by Gasteiger charge is -2.12. The van der Waals surface area contributed by atoms with Crippen molar-refractivity contribution in [1.29, 1.82) is 0 Å². The summed E-state index contributed by atoms with van der Waals surface area (Å²) in [6.45, 7) is 0. The van der Waals surface area contributed by atoms with Gasteiger partial charge in [-0.3, -0.25) is 0 Å². The van der Waals surface area contributed by atoms with Gasteiger partial charge in [0, 0.05) is 11.8 Å². The predicted octanol–water partition coefficient (Wildman–Crippen LogP) is 2.10. The first-order chi connectivity index (χ1) is 6.65. The third-order valence-electron chi connectivity index (χ3n) is 1.87. The maximum Gasteiger partial charge on any atom is 0.129 e. The molecule has 1 unspecified atom stereocenters. The fraction of sp³-hybridized carbons (Fsp3) is 0.444. The highest BCUT2D eigenvalue weighted by Crippen LogP contribution is 2.25. The van der Waals surface area contributed by atoms with E-state index in [1.54, 1.807) is 17.8 Å². The van der Waals surface area contributed by atoms with Crippen molar-refractivity contribution in [2.75, 3.05) is 17.7 Å². The molecule has 3 N–H and O–H groups in total. The Kier molecular flexibility index (Phi) is 4.51. The van der Waals surface area contributed by atoms with E-state index in [2.05, 4.69) is 4.98 Å². The van der Waals surface area contributed by atoms with Crippen LogP contribution in [-0.2, 0) is 0 Å². The van der Waals surface area contributed by atoms with Crippen LogP contribution in [0.4, 0.5) is 5.82 Å². The molecule has 0 aliphatic rings. The van der Waals surface area contributed by atoms with Gasteiger partial charge in [0.1, 0.15) is 5.82 Å². The molecule has 0 aliphatic heterocycles. The molecule has 0 bridgehead atoms. The van der Waals surface area contributed by atoms with Crippen LogP contribution in [0, 0.1) is 0 Å². The number of anilines is 1. The normalized spacial score (nSPS) is 12.8. The number of pyridine rings is 1. The minimum absolute atomic E-state index is 0.350. The molecule has 1 aromatic rings. The van der Waals surface area contributed by atoms with Crippen molar-refractivity contribution in [3.63, 3.8) is 0 Å². The van der Waals surface area contributed by atoms with Gasteiger partial charge in [0.2, 0.25) is 0 Å². The molecule has 0 spiro atoms. The highest BCUT2D eigenvalue weighted by molar-refractivity contribution is 7.98. The van der Waals surface area contributed by atoms with Gasteiger partial charge in [-0.05, 0) is 24.5 Å². The third kappa shape index (κ3) is 3.04. The van der Waals surface area contributed by atoms with Crippen LogP contribution in [0.15, 0.2) is 12.3 Å². The number of halogens is 1. The highest BCUT2D eigenvalue weighted by Gasteiger charge is 2.11. The summed E-state index contributed by atoms with van der Waals surface area (Å²) >= 11 is 7.44. The smallest absolute Gasteiger partial charge is 0.129 e. The number of hydrogen-bond donors (Lipinski definition) is 2. The Bertz CT molecular complexity index is 309. The Balaban J connectivity index is 2.77. The fourth-order valence-corrected chi connectivity index (χ4v) is 1.74. The molecule has 1 atom stereocenters. The van der Waals surface area contributed by atoms with Gasteiger partial charge in [0.25, 0.3) is 0 Å². The lowest BCUT2D eigenvalue weighted by Crippen LogP contribution is -2.05. The van der Waals surface area contributed by atoms with E-state index in [1.807, 2.05) is 6.26 Å². The van der Waals surface area contributed by atoms with Gasteiger partial charge in [-0.1, -0.05) is 11.6 Å². The van der Waals surface area contributed by atoms with Crippen molar-refractivity contribution < 1.29 is 5.11 Å². The molecule has 14 heavy (non-hydrogen) atoms. The van der Waals surface area contributed by atoms with Crippen LogP contribution in [0.2, 0.25) is 5.02 Å². The maximum absolute atomic E-state index is 9.76. The van der Waals surface area contributed by atoms with Gasteiger partial charge < -0.3 is 10.8 Å². The van der Waals surface area contributed by atoms with Gasteiger partial charge in [-0.15, -0.1) is 0 Å². The second-order valence-electron chi connectivity index (χ2n) is 2.93. The van der Waals surface area contributed by atoms with Crippen molar-refractivity contribution >= 4 is 29.2 Å². The molecule has 0 amide bonds. The van der Waals surface area contributed by atoms with E-state index in [0.717, 1.165) is 5.75 Å². The molecule has 0 saturated carbocycles. The quantitative estimate of drug-likeness (QED) is 0.835. The van der Waals surface area contributed by atoms with Gasteiger partial charge in [0.15, 0.2) is 0 Å². The number of aromatic nitrogens is 1. The molecule has 78 valence electrons. The number of nitrogens with zero attached hydrogens (tertiary/aromatic N) is 1. The van der Waals surface area contributed by atoms with Gasteiger partial charge >= 0.3 is 0 Å². The van der Waals surface area contributed by atoms with E-state index in [9.17, 15) is 5.11 Å². The van der Waals surface area contributed by atoms with Gasteiger partial charge in [-0.2, -0.15) is 11.8 Å². The SMILES string of the molecule is CSCCC(O)c1cc(Cl)cnc1N. The summed E-state index contributed by atoms with van der Waals surface area (Å²) < 4.78 is 0. The van der Waals surface area contributed by atoms with Crippen LogP contribution in [-0.4, -0.2) is 22.1 Å². The molecule has 0 radical (unpaired) electrons.